The summed E-state index contributed by atoms with van der Waals surface area (Å²) in [5.74, 6) is 1.47. The summed E-state index contributed by atoms with van der Waals surface area (Å²) in [6.45, 7) is 6.17. The van der Waals surface area contributed by atoms with Crippen molar-refractivity contribution < 1.29 is 9.13 Å². The normalized spacial score (nSPS) is 10.0. The van der Waals surface area contributed by atoms with Crippen LogP contribution in [0.4, 0.5) is 4.39 Å². The summed E-state index contributed by atoms with van der Waals surface area (Å²) >= 11 is 0. The monoisotopic (exact) mass is 316 g/mol. The van der Waals surface area contributed by atoms with Crippen molar-refractivity contribution in [3.63, 3.8) is 0 Å². The lowest BCUT2D eigenvalue weighted by Gasteiger charge is -2.09. The Morgan fingerprint density at radius 2 is 1.83 bits per heavy atom. The van der Waals surface area contributed by atoms with Gasteiger partial charge >= 0.3 is 0 Å². The average Bonchev–Trinajstić information content (AvgIpc) is 2.56. The van der Waals surface area contributed by atoms with E-state index in [1.165, 1.54) is 12.1 Å². The topological polar surface area (TPSA) is 58.5 Å². The van der Waals surface area contributed by atoms with E-state index < -0.39 is 0 Å². The molecule has 2 aromatic rings. The molecular weight excluding hydrogens is 295 g/mol. The Bertz CT molecular complexity index is 635. The molecule has 0 radical (unpaired) electrons. The molecule has 122 valence electrons. The molecule has 0 aliphatic carbocycles. The Balaban J connectivity index is 2.04. The number of hydrogen-bond acceptors (Lipinski definition) is 3. The highest BCUT2D eigenvalue weighted by Crippen LogP contribution is 2.20. The van der Waals surface area contributed by atoms with E-state index in [0.717, 1.165) is 24.6 Å². The van der Waals surface area contributed by atoms with E-state index in [0.29, 0.717) is 18.2 Å². The number of hydrogen-bond donors (Lipinski definition) is 2. The van der Waals surface area contributed by atoms with Gasteiger partial charge in [0.05, 0.1) is 6.54 Å². The molecular formula is C17H21FN4O. The molecule has 0 amide bonds. The van der Waals surface area contributed by atoms with E-state index in [2.05, 4.69) is 20.6 Å². The summed E-state index contributed by atoms with van der Waals surface area (Å²) < 4.78 is 18.5. The number of pyridine rings is 1. The summed E-state index contributed by atoms with van der Waals surface area (Å²) in [6, 6.07) is 9.54. The van der Waals surface area contributed by atoms with Crippen molar-refractivity contribution in [2.75, 3.05) is 13.1 Å². The first-order valence-electron chi connectivity index (χ1n) is 7.61. The third kappa shape index (κ3) is 5.58. The summed E-state index contributed by atoms with van der Waals surface area (Å²) in [7, 11) is 0. The van der Waals surface area contributed by atoms with E-state index in [-0.39, 0.29) is 5.82 Å². The van der Waals surface area contributed by atoms with Gasteiger partial charge in [0.2, 0.25) is 5.88 Å². The molecule has 0 bridgehead atoms. The van der Waals surface area contributed by atoms with Crippen molar-refractivity contribution in [3.05, 3.63) is 54.0 Å². The maximum atomic E-state index is 12.9. The molecule has 0 saturated carbocycles. The van der Waals surface area contributed by atoms with Gasteiger partial charge in [-0.2, -0.15) is 0 Å². The fraction of sp³-hybridized carbons (Fsp3) is 0.294. The number of nitrogens with one attached hydrogen (secondary N) is 2. The van der Waals surface area contributed by atoms with Crippen LogP contribution in [0.3, 0.4) is 0 Å². The van der Waals surface area contributed by atoms with Crippen LogP contribution in [0.5, 0.6) is 11.6 Å². The van der Waals surface area contributed by atoms with Gasteiger partial charge in [0.25, 0.3) is 0 Å². The van der Waals surface area contributed by atoms with Crippen molar-refractivity contribution in [1.29, 1.82) is 0 Å². The van der Waals surface area contributed by atoms with E-state index in [1.807, 2.05) is 26.0 Å². The Labute approximate surface area is 135 Å². The van der Waals surface area contributed by atoms with Gasteiger partial charge in [-0.25, -0.2) is 14.4 Å². The third-order valence-corrected chi connectivity index (χ3v) is 2.94. The average molecular weight is 316 g/mol. The molecule has 0 aliphatic rings. The highest BCUT2D eigenvalue weighted by Gasteiger charge is 2.02. The van der Waals surface area contributed by atoms with Crippen LogP contribution in [0.2, 0.25) is 0 Å². The number of aromatic nitrogens is 1. The van der Waals surface area contributed by atoms with E-state index >= 15 is 0 Å². The minimum absolute atomic E-state index is 0.298. The zero-order chi connectivity index (χ0) is 16.5. The van der Waals surface area contributed by atoms with Gasteiger partial charge in [0, 0.05) is 25.4 Å². The molecule has 0 saturated heterocycles. The number of halogens is 1. The molecule has 0 unspecified atom stereocenters. The second kappa shape index (κ2) is 8.73. The Morgan fingerprint density at radius 3 is 2.48 bits per heavy atom. The molecule has 1 aromatic heterocycles. The number of ether oxygens (including phenoxy) is 1. The lowest BCUT2D eigenvalue weighted by atomic mass is 10.2. The first-order chi connectivity index (χ1) is 11.2. The smallest absolute Gasteiger partial charge is 0.219 e. The SMILES string of the molecule is CCNC(=NCc1ccnc(Oc2ccc(F)cc2)c1)NCC. The summed E-state index contributed by atoms with van der Waals surface area (Å²) in [5.41, 5.74) is 0.977. The van der Waals surface area contributed by atoms with Gasteiger partial charge < -0.3 is 15.4 Å². The zero-order valence-electron chi connectivity index (χ0n) is 13.3. The Hall–Kier alpha value is -2.63. The third-order valence-electron chi connectivity index (χ3n) is 2.94. The zero-order valence-corrected chi connectivity index (χ0v) is 13.3. The summed E-state index contributed by atoms with van der Waals surface area (Å²) in [5, 5.41) is 6.34. The van der Waals surface area contributed by atoms with E-state index in [1.54, 1.807) is 18.3 Å². The Morgan fingerprint density at radius 1 is 1.13 bits per heavy atom. The van der Waals surface area contributed by atoms with Crippen LogP contribution < -0.4 is 15.4 Å². The number of guanidine groups is 1. The molecule has 0 aliphatic heterocycles. The summed E-state index contributed by atoms with van der Waals surface area (Å²) in [4.78, 5) is 8.66. The number of nitrogens with zero attached hydrogens (tertiary/aromatic N) is 2. The molecule has 1 aromatic carbocycles. The molecule has 2 N–H and O–H groups in total. The van der Waals surface area contributed by atoms with Gasteiger partial charge in [-0.3, -0.25) is 0 Å². The van der Waals surface area contributed by atoms with Crippen LogP contribution in [0.15, 0.2) is 47.6 Å². The van der Waals surface area contributed by atoms with Crippen LogP contribution in [0.25, 0.3) is 0 Å². The van der Waals surface area contributed by atoms with Crippen molar-refractivity contribution in [3.8, 4) is 11.6 Å². The minimum Gasteiger partial charge on any atom is -0.439 e. The van der Waals surface area contributed by atoms with Crippen molar-refractivity contribution in [2.24, 2.45) is 4.99 Å². The van der Waals surface area contributed by atoms with Gasteiger partial charge in [0.15, 0.2) is 5.96 Å². The minimum atomic E-state index is -0.298. The summed E-state index contributed by atoms with van der Waals surface area (Å²) in [6.07, 6.45) is 1.67. The quantitative estimate of drug-likeness (QED) is 0.635. The molecule has 23 heavy (non-hydrogen) atoms. The van der Waals surface area contributed by atoms with Gasteiger partial charge in [-0.05, 0) is 49.7 Å². The fourth-order valence-electron chi connectivity index (χ4n) is 1.91. The maximum Gasteiger partial charge on any atom is 0.219 e. The second-order valence-electron chi connectivity index (χ2n) is 4.78. The first kappa shape index (κ1) is 16.7. The van der Waals surface area contributed by atoms with E-state index in [4.69, 9.17) is 4.74 Å². The maximum absolute atomic E-state index is 12.9. The van der Waals surface area contributed by atoms with Gasteiger partial charge in [0.1, 0.15) is 11.6 Å². The molecule has 2 rings (SSSR count). The highest BCUT2D eigenvalue weighted by molar-refractivity contribution is 5.79. The lowest BCUT2D eigenvalue weighted by molar-refractivity contribution is 0.460. The largest absolute Gasteiger partial charge is 0.439 e. The van der Waals surface area contributed by atoms with Crippen LogP contribution in [0.1, 0.15) is 19.4 Å². The molecule has 0 fully saturated rings. The van der Waals surface area contributed by atoms with Crippen LogP contribution in [-0.4, -0.2) is 24.0 Å². The standard InChI is InChI=1S/C17H21FN4O/c1-3-19-17(20-4-2)22-12-13-9-10-21-16(11-13)23-15-7-5-14(18)6-8-15/h5-11H,3-4,12H2,1-2H3,(H2,19,20,22). The highest BCUT2D eigenvalue weighted by atomic mass is 19.1. The number of rotatable bonds is 6. The fourth-order valence-corrected chi connectivity index (χ4v) is 1.91. The first-order valence-corrected chi connectivity index (χ1v) is 7.61. The van der Waals surface area contributed by atoms with Crippen LogP contribution in [-0.2, 0) is 6.54 Å². The number of aliphatic imine (C=N–C) groups is 1. The van der Waals surface area contributed by atoms with Gasteiger partial charge in [-0.1, -0.05) is 0 Å². The van der Waals surface area contributed by atoms with Crippen molar-refractivity contribution in [2.45, 2.75) is 20.4 Å². The molecule has 0 atom stereocenters. The van der Waals surface area contributed by atoms with Crippen molar-refractivity contribution in [1.82, 2.24) is 15.6 Å². The molecule has 1 heterocycles. The lowest BCUT2D eigenvalue weighted by Crippen LogP contribution is -2.36. The van der Waals surface area contributed by atoms with Gasteiger partial charge in [-0.15, -0.1) is 0 Å². The predicted octanol–water partition coefficient (Wildman–Crippen LogP) is 3.09. The van der Waals surface area contributed by atoms with Crippen molar-refractivity contribution >= 4 is 5.96 Å². The molecule has 5 nitrogen and oxygen atoms in total. The van der Waals surface area contributed by atoms with E-state index in [9.17, 15) is 4.39 Å². The van der Waals surface area contributed by atoms with Crippen LogP contribution >= 0.6 is 0 Å². The molecule has 0 spiro atoms. The Kier molecular flexibility index (Phi) is 6.35. The second-order valence-corrected chi connectivity index (χ2v) is 4.78. The number of benzene rings is 1. The molecule has 6 heteroatoms. The predicted molar refractivity (Wildman–Crippen MR) is 89.2 cm³/mol. The van der Waals surface area contributed by atoms with Crippen LogP contribution in [0, 0.1) is 5.82 Å².